The molecule has 1 amide bonds. The summed E-state index contributed by atoms with van der Waals surface area (Å²) in [5.74, 6) is 1.34. The predicted octanol–water partition coefficient (Wildman–Crippen LogP) is 3.79. The summed E-state index contributed by atoms with van der Waals surface area (Å²) in [6, 6.07) is 13.9. The van der Waals surface area contributed by atoms with E-state index in [1.165, 1.54) is 23.5 Å². The van der Waals surface area contributed by atoms with Gasteiger partial charge in [-0.05, 0) is 68.4 Å². The molecule has 1 atom stereocenters. The van der Waals surface area contributed by atoms with Crippen molar-refractivity contribution in [3.8, 4) is 11.4 Å². The van der Waals surface area contributed by atoms with Crippen LogP contribution in [-0.4, -0.2) is 42.1 Å². The highest BCUT2D eigenvalue weighted by Crippen LogP contribution is 2.24. The zero-order valence-electron chi connectivity index (χ0n) is 18.3. The number of carbonyl (C=O) groups is 1. The minimum absolute atomic E-state index is 0.0143. The third-order valence-electron chi connectivity index (χ3n) is 5.93. The molecule has 0 bridgehead atoms. The molecule has 4 rings (SSSR count). The Bertz CT molecular complexity index is 1070. The van der Waals surface area contributed by atoms with Crippen molar-refractivity contribution in [2.75, 3.05) is 26.7 Å². The Morgan fingerprint density at radius 1 is 1.06 bits per heavy atom. The van der Waals surface area contributed by atoms with Crippen LogP contribution in [0.2, 0.25) is 0 Å². The topological polar surface area (TPSA) is 76.7 Å². The van der Waals surface area contributed by atoms with Crippen LogP contribution in [0.1, 0.15) is 47.8 Å². The summed E-state index contributed by atoms with van der Waals surface area (Å²) in [5, 5.41) is 3.05. The van der Waals surface area contributed by atoms with E-state index in [9.17, 15) is 9.59 Å². The molecule has 7 heteroatoms. The summed E-state index contributed by atoms with van der Waals surface area (Å²) >= 11 is 0. The summed E-state index contributed by atoms with van der Waals surface area (Å²) in [5.41, 5.74) is 0.891. The summed E-state index contributed by atoms with van der Waals surface area (Å²) in [6.07, 6.45) is 8.03. The van der Waals surface area contributed by atoms with E-state index >= 15 is 0 Å². The molecule has 1 aliphatic heterocycles. The van der Waals surface area contributed by atoms with Crippen LogP contribution in [0.4, 0.5) is 0 Å². The van der Waals surface area contributed by atoms with E-state index in [1.54, 1.807) is 49.9 Å². The Morgan fingerprint density at radius 2 is 1.81 bits per heavy atom. The van der Waals surface area contributed by atoms with Crippen molar-refractivity contribution >= 4 is 5.91 Å². The minimum atomic E-state index is -0.223. The van der Waals surface area contributed by atoms with Gasteiger partial charge in [-0.1, -0.05) is 12.8 Å². The number of benzene rings is 1. The predicted molar refractivity (Wildman–Crippen MR) is 122 cm³/mol. The molecule has 7 nitrogen and oxygen atoms in total. The molecule has 1 aliphatic rings. The number of carbonyl (C=O) groups excluding carboxylic acids is 1. The lowest BCUT2D eigenvalue weighted by atomic mass is 10.1. The number of furan rings is 1. The lowest BCUT2D eigenvalue weighted by Gasteiger charge is -2.29. The van der Waals surface area contributed by atoms with Crippen LogP contribution < -0.4 is 15.6 Å². The molecule has 1 aromatic carbocycles. The molecule has 3 aromatic rings. The number of aromatic nitrogens is 1. The van der Waals surface area contributed by atoms with Gasteiger partial charge in [0.25, 0.3) is 11.5 Å². The number of amides is 1. The first-order valence-corrected chi connectivity index (χ1v) is 11.1. The zero-order chi connectivity index (χ0) is 22.3. The molecule has 1 saturated heterocycles. The van der Waals surface area contributed by atoms with E-state index in [1.807, 2.05) is 12.1 Å². The van der Waals surface area contributed by atoms with E-state index < -0.39 is 0 Å². The Hall–Kier alpha value is -3.32. The first-order chi connectivity index (χ1) is 15.7. The highest BCUT2D eigenvalue weighted by molar-refractivity contribution is 5.93. The van der Waals surface area contributed by atoms with Crippen LogP contribution in [0.25, 0.3) is 5.69 Å². The molecular weight excluding hydrogens is 406 g/mol. The monoisotopic (exact) mass is 435 g/mol. The fourth-order valence-electron chi connectivity index (χ4n) is 4.15. The second-order valence-electron chi connectivity index (χ2n) is 8.02. The number of nitrogens with one attached hydrogen (secondary N) is 1. The molecule has 0 saturated carbocycles. The smallest absolute Gasteiger partial charge is 0.255 e. The highest BCUT2D eigenvalue weighted by atomic mass is 16.5. The van der Waals surface area contributed by atoms with Crippen molar-refractivity contribution < 1.29 is 13.9 Å². The molecule has 32 heavy (non-hydrogen) atoms. The Kier molecular flexibility index (Phi) is 7.07. The van der Waals surface area contributed by atoms with Gasteiger partial charge in [0.05, 0.1) is 25.0 Å². The maximum atomic E-state index is 13.0. The number of pyridine rings is 1. The standard InChI is InChI=1S/C25H29N3O4/c1-31-21-11-9-20(10-12-21)28-18-19(8-13-24(28)29)25(30)26-17-22(23-7-6-16-32-23)27-14-4-2-3-5-15-27/h6-13,16,18,22H,2-5,14-15,17H2,1H3,(H,26,30). The van der Waals surface area contributed by atoms with Crippen molar-refractivity contribution in [3.05, 3.63) is 82.7 Å². The van der Waals surface area contributed by atoms with Crippen molar-refractivity contribution in [1.29, 1.82) is 0 Å². The molecule has 0 radical (unpaired) electrons. The fraction of sp³-hybridized carbons (Fsp3) is 0.360. The summed E-state index contributed by atoms with van der Waals surface area (Å²) < 4.78 is 12.3. The Balaban J connectivity index is 1.50. The third kappa shape index (κ3) is 5.11. The van der Waals surface area contributed by atoms with Gasteiger partial charge < -0.3 is 14.5 Å². The second kappa shape index (κ2) is 10.3. The number of hydrogen-bond acceptors (Lipinski definition) is 5. The number of methoxy groups -OCH3 is 1. The van der Waals surface area contributed by atoms with Crippen LogP contribution >= 0.6 is 0 Å². The van der Waals surface area contributed by atoms with Crippen LogP contribution in [0.15, 0.2) is 70.2 Å². The quantitative estimate of drug-likeness (QED) is 0.611. The van der Waals surface area contributed by atoms with Gasteiger partial charge in [-0.3, -0.25) is 19.1 Å². The molecule has 1 fully saturated rings. The Morgan fingerprint density at radius 3 is 2.47 bits per heavy atom. The third-order valence-corrected chi connectivity index (χ3v) is 5.93. The second-order valence-corrected chi connectivity index (χ2v) is 8.02. The number of hydrogen-bond donors (Lipinski definition) is 1. The molecular formula is C25H29N3O4. The van der Waals surface area contributed by atoms with E-state index in [-0.39, 0.29) is 17.5 Å². The number of rotatable bonds is 7. The van der Waals surface area contributed by atoms with Crippen molar-refractivity contribution in [2.45, 2.75) is 31.7 Å². The van der Waals surface area contributed by atoms with Crippen molar-refractivity contribution in [1.82, 2.24) is 14.8 Å². The van der Waals surface area contributed by atoms with E-state index in [4.69, 9.17) is 9.15 Å². The van der Waals surface area contributed by atoms with E-state index in [2.05, 4.69) is 10.2 Å². The number of likely N-dealkylation sites (tertiary alicyclic amines) is 1. The highest BCUT2D eigenvalue weighted by Gasteiger charge is 2.24. The number of nitrogens with zero attached hydrogens (tertiary/aromatic N) is 2. The number of ether oxygens (including phenoxy) is 1. The van der Waals surface area contributed by atoms with Crippen LogP contribution in [0.3, 0.4) is 0 Å². The summed E-state index contributed by atoms with van der Waals surface area (Å²) in [6.45, 7) is 2.42. The average molecular weight is 436 g/mol. The lowest BCUT2D eigenvalue weighted by Crippen LogP contribution is -2.38. The normalized spacial score (nSPS) is 15.7. The van der Waals surface area contributed by atoms with Gasteiger partial charge in [0.2, 0.25) is 0 Å². The molecule has 1 N–H and O–H groups in total. The van der Waals surface area contributed by atoms with Crippen molar-refractivity contribution in [2.24, 2.45) is 0 Å². The van der Waals surface area contributed by atoms with Crippen LogP contribution in [0.5, 0.6) is 5.75 Å². The van der Waals surface area contributed by atoms with Crippen molar-refractivity contribution in [3.63, 3.8) is 0 Å². The summed E-state index contributed by atoms with van der Waals surface area (Å²) in [7, 11) is 1.59. The first kappa shape index (κ1) is 21.9. The molecule has 0 spiro atoms. The van der Waals surface area contributed by atoms with Gasteiger partial charge in [0.1, 0.15) is 11.5 Å². The lowest BCUT2D eigenvalue weighted by molar-refractivity contribution is 0.0926. The molecule has 1 unspecified atom stereocenters. The Labute approximate surface area is 187 Å². The van der Waals surface area contributed by atoms with Gasteiger partial charge in [0.15, 0.2) is 0 Å². The maximum absolute atomic E-state index is 13.0. The summed E-state index contributed by atoms with van der Waals surface area (Å²) in [4.78, 5) is 27.8. The maximum Gasteiger partial charge on any atom is 0.255 e. The van der Waals surface area contributed by atoms with Gasteiger partial charge in [0, 0.05) is 24.5 Å². The molecule has 2 aromatic heterocycles. The van der Waals surface area contributed by atoms with Crippen LogP contribution in [-0.2, 0) is 0 Å². The zero-order valence-corrected chi connectivity index (χ0v) is 18.3. The minimum Gasteiger partial charge on any atom is -0.497 e. The molecule has 168 valence electrons. The van der Waals surface area contributed by atoms with E-state index in [0.717, 1.165) is 31.7 Å². The van der Waals surface area contributed by atoms with Gasteiger partial charge in [-0.25, -0.2) is 0 Å². The van der Waals surface area contributed by atoms with E-state index in [0.29, 0.717) is 23.5 Å². The van der Waals surface area contributed by atoms with Gasteiger partial charge in [-0.15, -0.1) is 0 Å². The van der Waals surface area contributed by atoms with Crippen LogP contribution in [0, 0.1) is 0 Å². The average Bonchev–Trinajstić information content (AvgIpc) is 3.22. The largest absolute Gasteiger partial charge is 0.497 e. The molecule has 3 heterocycles. The fourth-order valence-corrected chi connectivity index (χ4v) is 4.15. The SMILES string of the molecule is COc1ccc(-n2cc(C(=O)NCC(c3ccco3)N3CCCCCC3)ccc2=O)cc1. The molecule has 0 aliphatic carbocycles. The van der Waals surface area contributed by atoms with Gasteiger partial charge >= 0.3 is 0 Å². The first-order valence-electron chi connectivity index (χ1n) is 11.1. The van der Waals surface area contributed by atoms with Gasteiger partial charge in [-0.2, -0.15) is 0 Å².